The smallest absolute Gasteiger partial charge is 0.408 e. The molecule has 2 aromatic heterocycles. The van der Waals surface area contributed by atoms with Crippen LogP contribution < -0.4 is 24.8 Å². The maximum Gasteiger partial charge on any atom is 0.408 e. The van der Waals surface area contributed by atoms with Crippen LogP contribution in [-0.2, 0) is 24.3 Å². The molecule has 3 N–H and O–H groups in total. The molecule has 292 valence electrons. The summed E-state index contributed by atoms with van der Waals surface area (Å²) < 4.78 is 51.1. The lowest BCUT2D eigenvalue weighted by molar-refractivity contribution is -0.142. The Morgan fingerprint density at radius 3 is 2.46 bits per heavy atom. The molecule has 3 amide bonds. The summed E-state index contributed by atoms with van der Waals surface area (Å²) in [4.78, 5) is 48.3. The molecule has 14 nitrogen and oxygen atoms in total. The van der Waals surface area contributed by atoms with E-state index < -0.39 is 67.9 Å². The van der Waals surface area contributed by atoms with Gasteiger partial charge in [0.2, 0.25) is 27.7 Å². The molecule has 1 saturated heterocycles. The first-order valence-electron chi connectivity index (χ1n) is 18.2. The Morgan fingerprint density at radius 1 is 1.13 bits per heavy atom. The van der Waals surface area contributed by atoms with Crippen LogP contribution in [0.5, 0.6) is 11.6 Å². The molecule has 3 heterocycles. The van der Waals surface area contributed by atoms with Gasteiger partial charge in [-0.3, -0.25) is 9.59 Å². The van der Waals surface area contributed by atoms with Gasteiger partial charge in [-0.05, 0) is 81.2 Å². The lowest BCUT2D eigenvalue weighted by atomic mass is 9.85. The number of nitrogens with zero attached hydrogens (tertiary/aromatic N) is 2. The molecule has 2 aliphatic carbocycles. The third kappa shape index (κ3) is 8.67. The number of likely N-dealkylation sites (tertiary alicyclic amines) is 1. The van der Waals surface area contributed by atoms with Crippen LogP contribution >= 0.6 is 0 Å². The number of ether oxygens (including phenoxy) is 3. The first-order chi connectivity index (χ1) is 25.3. The maximum atomic E-state index is 14.6. The molecule has 15 heteroatoms. The molecule has 3 aliphatic rings. The fourth-order valence-corrected chi connectivity index (χ4v) is 8.29. The van der Waals surface area contributed by atoms with E-state index in [1.807, 2.05) is 39.0 Å². The van der Waals surface area contributed by atoms with Gasteiger partial charge in [-0.1, -0.05) is 26.8 Å². The minimum Gasteiger partial charge on any atom is -0.497 e. The van der Waals surface area contributed by atoms with Crippen LogP contribution in [0.2, 0.25) is 0 Å². The van der Waals surface area contributed by atoms with Crippen molar-refractivity contribution in [3.05, 3.63) is 55.5 Å². The highest BCUT2D eigenvalue weighted by Crippen LogP contribution is 2.45. The number of methoxy groups -OCH3 is 1. The van der Waals surface area contributed by atoms with Crippen molar-refractivity contribution in [2.75, 3.05) is 20.2 Å². The third-order valence-electron chi connectivity index (χ3n) is 10.1. The van der Waals surface area contributed by atoms with E-state index in [4.69, 9.17) is 23.6 Å². The first kappa shape index (κ1) is 39.1. The number of rotatable bonds is 13. The number of amides is 3. The number of nitrogens with one attached hydrogen (secondary N) is 3. The zero-order chi connectivity index (χ0) is 39.2. The SMILES string of the molecule is C=C[C@@H]1C[C@@]1(CNS(=O)(=O)C1CC1)NC(=O)[C@@H]1C[C@@H](Oc2nc(-c3ccoc3)cc3cc(OC)ccc23)CN1C(=O)[C@@H](NC(=O)OC(C)(C)C)C(C)(C)C. The Labute approximate surface area is 316 Å². The summed E-state index contributed by atoms with van der Waals surface area (Å²) >= 11 is 0. The van der Waals surface area contributed by atoms with E-state index in [-0.39, 0.29) is 25.4 Å². The number of aromatic nitrogens is 1. The van der Waals surface area contributed by atoms with Crippen molar-refractivity contribution < 1.29 is 41.4 Å². The lowest BCUT2D eigenvalue weighted by Gasteiger charge is -2.36. The van der Waals surface area contributed by atoms with Gasteiger partial charge in [-0.25, -0.2) is 22.9 Å². The first-order valence-corrected chi connectivity index (χ1v) is 19.8. The number of benzene rings is 1. The van der Waals surface area contributed by atoms with Gasteiger partial charge in [0.05, 0.1) is 42.7 Å². The van der Waals surface area contributed by atoms with E-state index in [0.29, 0.717) is 42.0 Å². The van der Waals surface area contributed by atoms with Gasteiger partial charge in [-0.2, -0.15) is 0 Å². The lowest BCUT2D eigenvalue weighted by Crippen LogP contribution is -2.59. The molecule has 1 aromatic carbocycles. The van der Waals surface area contributed by atoms with Crippen molar-refractivity contribution in [3.63, 3.8) is 0 Å². The second-order valence-corrected chi connectivity index (χ2v) is 18.6. The molecule has 0 bridgehead atoms. The van der Waals surface area contributed by atoms with Gasteiger partial charge < -0.3 is 34.2 Å². The van der Waals surface area contributed by atoms with Gasteiger partial charge in [0.15, 0.2) is 0 Å². The number of carbonyl (C=O) groups is 3. The average molecular weight is 766 g/mol. The molecule has 1 aliphatic heterocycles. The largest absolute Gasteiger partial charge is 0.497 e. The summed E-state index contributed by atoms with van der Waals surface area (Å²) in [6, 6.07) is 7.09. The number of sulfonamides is 1. The third-order valence-corrected chi connectivity index (χ3v) is 12.0. The van der Waals surface area contributed by atoms with Gasteiger partial charge in [0.25, 0.3) is 0 Å². The minimum atomic E-state index is -3.52. The fourth-order valence-electron chi connectivity index (χ4n) is 6.84. The Balaban J connectivity index is 1.32. The van der Waals surface area contributed by atoms with E-state index >= 15 is 0 Å². The summed E-state index contributed by atoms with van der Waals surface area (Å²) in [5, 5.41) is 6.92. The highest BCUT2D eigenvalue weighted by Gasteiger charge is 2.56. The number of fused-ring (bicyclic) bond motifs is 1. The van der Waals surface area contributed by atoms with Gasteiger partial charge in [0.1, 0.15) is 29.5 Å². The molecule has 3 aromatic rings. The van der Waals surface area contributed by atoms with Crippen LogP contribution in [0.3, 0.4) is 0 Å². The van der Waals surface area contributed by atoms with E-state index in [2.05, 4.69) is 21.9 Å². The summed E-state index contributed by atoms with van der Waals surface area (Å²) in [6.45, 7) is 14.5. The van der Waals surface area contributed by atoms with Crippen molar-refractivity contribution in [2.45, 2.75) is 102 Å². The highest BCUT2D eigenvalue weighted by molar-refractivity contribution is 7.90. The highest BCUT2D eigenvalue weighted by atomic mass is 32.2. The minimum absolute atomic E-state index is 0.000153. The van der Waals surface area contributed by atoms with E-state index in [9.17, 15) is 22.8 Å². The summed E-state index contributed by atoms with van der Waals surface area (Å²) in [5.41, 5.74) is -1.17. The summed E-state index contributed by atoms with van der Waals surface area (Å²) in [6.07, 6.45) is 5.17. The number of furan rings is 1. The monoisotopic (exact) mass is 765 g/mol. The zero-order valence-corrected chi connectivity index (χ0v) is 32.7. The Morgan fingerprint density at radius 2 is 1.87 bits per heavy atom. The van der Waals surface area contributed by atoms with Crippen LogP contribution in [0.15, 0.2) is 59.9 Å². The molecule has 2 saturated carbocycles. The summed E-state index contributed by atoms with van der Waals surface area (Å²) in [7, 11) is -1.94. The van der Waals surface area contributed by atoms with Crippen molar-refractivity contribution in [2.24, 2.45) is 11.3 Å². The molecule has 0 unspecified atom stereocenters. The van der Waals surface area contributed by atoms with Crippen LogP contribution in [0, 0.1) is 11.3 Å². The van der Waals surface area contributed by atoms with Gasteiger partial charge in [-0.15, -0.1) is 6.58 Å². The normalized spacial score (nSPS) is 23.4. The molecular formula is C39H51N5O9S. The van der Waals surface area contributed by atoms with E-state index in [1.165, 1.54) is 4.90 Å². The van der Waals surface area contributed by atoms with Crippen molar-refractivity contribution in [1.82, 2.24) is 25.2 Å². The topological polar surface area (TPSA) is 178 Å². The van der Waals surface area contributed by atoms with E-state index in [0.717, 1.165) is 10.9 Å². The number of hydrogen-bond acceptors (Lipinski definition) is 10. The second kappa shape index (κ2) is 14.5. The van der Waals surface area contributed by atoms with Crippen LogP contribution in [-0.4, -0.2) is 91.0 Å². The summed E-state index contributed by atoms with van der Waals surface area (Å²) in [5.74, 6) is -0.193. The van der Waals surface area contributed by atoms with E-state index in [1.54, 1.807) is 58.6 Å². The molecule has 0 radical (unpaired) electrons. The number of alkyl carbamates (subject to hydrolysis) is 1. The number of hydrogen-bond donors (Lipinski definition) is 3. The molecule has 3 fully saturated rings. The average Bonchev–Trinajstić information content (AvgIpc) is 3.96. The Hall–Kier alpha value is -4.63. The van der Waals surface area contributed by atoms with Crippen LogP contribution in [0.1, 0.15) is 67.2 Å². The predicted octanol–water partition coefficient (Wildman–Crippen LogP) is 4.93. The molecule has 54 heavy (non-hydrogen) atoms. The van der Waals surface area contributed by atoms with Crippen molar-refractivity contribution >= 4 is 38.7 Å². The van der Waals surface area contributed by atoms with Crippen molar-refractivity contribution in [3.8, 4) is 22.9 Å². The number of carbonyl (C=O) groups excluding carboxylic acids is 3. The number of pyridine rings is 1. The maximum absolute atomic E-state index is 14.6. The Bertz CT molecular complexity index is 2020. The molecular weight excluding hydrogens is 715 g/mol. The molecule has 5 atom stereocenters. The van der Waals surface area contributed by atoms with Gasteiger partial charge >= 0.3 is 6.09 Å². The second-order valence-electron chi connectivity index (χ2n) is 16.6. The zero-order valence-electron chi connectivity index (χ0n) is 31.9. The fraction of sp³-hybridized carbons (Fsp3) is 0.538. The standard InChI is InChI=1S/C39H51N5O9S/c1-9-25-19-39(25,22-40-54(48,49)28-11-12-28)43-33(45)31-18-27(20-44(31)35(46)32(37(2,3)4)42-36(47)53-38(5,6)7)52-34-29-13-10-26(50-8)16-24(29)17-30(41-34)23-14-15-51-21-23/h9-10,13-17,21,25,27-28,31-32,40H,1,11-12,18-20,22H2,2-8H3,(H,42,47)(H,43,45)/t25-,27-,31+,32-,39+/m1/s1. The molecule has 6 rings (SSSR count). The quantitative estimate of drug-likeness (QED) is 0.202. The molecule has 0 spiro atoms. The van der Waals surface area contributed by atoms with Crippen LogP contribution in [0.4, 0.5) is 4.79 Å². The van der Waals surface area contributed by atoms with Crippen LogP contribution in [0.25, 0.3) is 22.0 Å². The predicted molar refractivity (Wildman–Crippen MR) is 202 cm³/mol. The van der Waals surface area contributed by atoms with Gasteiger partial charge in [0, 0.05) is 29.8 Å². The van der Waals surface area contributed by atoms with Crippen molar-refractivity contribution in [1.29, 1.82) is 0 Å². The Kier molecular flexibility index (Phi) is 10.5.